The highest BCUT2D eigenvalue weighted by atomic mass is 15.2. The van der Waals surface area contributed by atoms with E-state index in [1.807, 2.05) is 42.5 Å². The van der Waals surface area contributed by atoms with Crippen LogP contribution in [-0.4, -0.2) is 22.0 Å². The highest BCUT2D eigenvalue weighted by Gasteiger charge is 2.18. The molecule has 246 valence electrons. The van der Waals surface area contributed by atoms with Crippen molar-refractivity contribution in [3.8, 4) is 33.9 Å². The van der Waals surface area contributed by atoms with Crippen molar-refractivity contribution in [3.05, 3.63) is 167 Å². The summed E-state index contributed by atoms with van der Waals surface area (Å²) in [6.45, 7) is 10.6. The number of aromatic nitrogens is 3. The molecule has 3 aromatic heterocycles. The van der Waals surface area contributed by atoms with Gasteiger partial charge < -0.3 is 4.90 Å². The molecule has 0 N–H and O–H groups in total. The van der Waals surface area contributed by atoms with Gasteiger partial charge in [0.2, 0.25) is 0 Å². The molecule has 0 saturated heterocycles. The summed E-state index contributed by atoms with van der Waals surface area (Å²) in [5, 5.41) is 0. The summed E-state index contributed by atoms with van der Waals surface area (Å²) in [4.78, 5) is 19.7. The SMILES string of the molecule is Cc1ccc(-c2ccc(N(c3cccc(-c4cccc(-c5cccc(N(C)c6ccc(C)cc6C)n5)n4)n3)c3ccc(C)cc3C)cc2)cc1. The minimum atomic E-state index is 0.787. The molecule has 5 nitrogen and oxygen atoms in total. The fraction of sp³-hybridized carbons (Fsp3) is 0.133. The lowest BCUT2D eigenvalue weighted by Crippen LogP contribution is -2.13. The Kier molecular flexibility index (Phi) is 8.97. The largest absolute Gasteiger partial charge is 0.329 e. The van der Waals surface area contributed by atoms with Crippen molar-refractivity contribution in [2.75, 3.05) is 16.8 Å². The van der Waals surface area contributed by atoms with E-state index in [9.17, 15) is 0 Å². The maximum Gasteiger partial charge on any atom is 0.138 e. The second-order valence-corrected chi connectivity index (χ2v) is 13.1. The molecule has 0 atom stereocenters. The number of hydrogen-bond acceptors (Lipinski definition) is 5. The molecule has 50 heavy (non-hydrogen) atoms. The summed E-state index contributed by atoms with van der Waals surface area (Å²) < 4.78 is 0. The highest BCUT2D eigenvalue weighted by Crippen LogP contribution is 2.38. The van der Waals surface area contributed by atoms with Crippen LogP contribution in [0.5, 0.6) is 0 Å². The molecule has 0 unspecified atom stereocenters. The molecule has 5 heteroatoms. The van der Waals surface area contributed by atoms with E-state index in [1.165, 1.54) is 38.9 Å². The number of aryl methyl sites for hydroxylation is 5. The van der Waals surface area contributed by atoms with Crippen molar-refractivity contribution in [1.29, 1.82) is 0 Å². The van der Waals surface area contributed by atoms with Crippen LogP contribution in [0.2, 0.25) is 0 Å². The molecule has 7 aromatic rings. The van der Waals surface area contributed by atoms with Crippen molar-refractivity contribution >= 4 is 28.7 Å². The van der Waals surface area contributed by atoms with Crippen LogP contribution in [0.4, 0.5) is 28.7 Å². The zero-order valence-electron chi connectivity index (χ0n) is 29.5. The van der Waals surface area contributed by atoms with Crippen LogP contribution in [0.1, 0.15) is 27.8 Å². The quantitative estimate of drug-likeness (QED) is 0.164. The molecule has 3 heterocycles. The Morgan fingerprint density at radius 1 is 0.400 bits per heavy atom. The Morgan fingerprint density at radius 3 is 1.40 bits per heavy atom. The highest BCUT2D eigenvalue weighted by molar-refractivity contribution is 5.79. The molecule has 0 bridgehead atoms. The van der Waals surface area contributed by atoms with Gasteiger partial charge in [0.25, 0.3) is 0 Å². The number of anilines is 5. The van der Waals surface area contributed by atoms with Gasteiger partial charge in [0.15, 0.2) is 0 Å². The third-order valence-corrected chi connectivity index (χ3v) is 9.13. The van der Waals surface area contributed by atoms with Crippen LogP contribution in [0, 0.1) is 34.6 Å². The van der Waals surface area contributed by atoms with Gasteiger partial charge in [-0.15, -0.1) is 0 Å². The number of benzene rings is 4. The van der Waals surface area contributed by atoms with E-state index in [2.05, 4.69) is 149 Å². The molecule has 0 spiro atoms. The first-order valence-corrected chi connectivity index (χ1v) is 17.0. The molecule has 0 radical (unpaired) electrons. The summed E-state index contributed by atoms with van der Waals surface area (Å²) >= 11 is 0. The van der Waals surface area contributed by atoms with E-state index < -0.39 is 0 Å². The number of hydrogen-bond donors (Lipinski definition) is 0. The molecule has 0 amide bonds. The van der Waals surface area contributed by atoms with Gasteiger partial charge in [-0.1, -0.05) is 95.6 Å². The second kappa shape index (κ2) is 13.8. The Morgan fingerprint density at radius 2 is 0.840 bits per heavy atom. The minimum Gasteiger partial charge on any atom is -0.329 e. The van der Waals surface area contributed by atoms with Gasteiger partial charge in [-0.05, 0) is 118 Å². The van der Waals surface area contributed by atoms with Gasteiger partial charge in [0.05, 0.1) is 28.5 Å². The number of rotatable bonds is 8. The Bertz CT molecular complexity index is 2290. The number of nitrogens with zero attached hydrogens (tertiary/aromatic N) is 5. The first-order chi connectivity index (χ1) is 24.2. The van der Waals surface area contributed by atoms with Gasteiger partial charge in [-0.2, -0.15) is 0 Å². The average Bonchev–Trinajstić information content (AvgIpc) is 3.13. The van der Waals surface area contributed by atoms with Crippen LogP contribution in [0.25, 0.3) is 33.9 Å². The predicted molar refractivity (Wildman–Crippen MR) is 209 cm³/mol. The topological polar surface area (TPSA) is 45.2 Å². The average molecular weight is 652 g/mol. The van der Waals surface area contributed by atoms with E-state index in [0.29, 0.717) is 0 Å². The van der Waals surface area contributed by atoms with E-state index in [-0.39, 0.29) is 0 Å². The summed E-state index contributed by atoms with van der Waals surface area (Å²) in [5.41, 5.74) is 14.9. The Labute approximate surface area is 295 Å². The van der Waals surface area contributed by atoms with Crippen LogP contribution in [-0.2, 0) is 0 Å². The first-order valence-electron chi connectivity index (χ1n) is 17.0. The van der Waals surface area contributed by atoms with Gasteiger partial charge in [0, 0.05) is 18.4 Å². The summed E-state index contributed by atoms with van der Waals surface area (Å²) in [5.74, 6) is 1.68. The molecule has 4 aromatic carbocycles. The fourth-order valence-electron chi connectivity index (χ4n) is 6.47. The van der Waals surface area contributed by atoms with Crippen molar-refractivity contribution < 1.29 is 0 Å². The summed E-state index contributed by atoms with van der Waals surface area (Å²) in [6.07, 6.45) is 0. The predicted octanol–water partition coefficient (Wildman–Crippen LogP) is 11.7. The normalized spacial score (nSPS) is 11.0. The molecular formula is C45H41N5. The smallest absolute Gasteiger partial charge is 0.138 e. The monoisotopic (exact) mass is 651 g/mol. The number of pyridine rings is 3. The van der Waals surface area contributed by atoms with Crippen LogP contribution >= 0.6 is 0 Å². The summed E-state index contributed by atoms with van der Waals surface area (Å²) in [7, 11) is 2.06. The third-order valence-electron chi connectivity index (χ3n) is 9.13. The van der Waals surface area contributed by atoms with E-state index in [4.69, 9.17) is 15.0 Å². The van der Waals surface area contributed by atoms with Crippen molar-refractivity contribution in [2.45, 2.75) is 34.6 Å². The zero-order chi connectivity index (χ0) is 34.8. The van der Waals surface area contributed by atoms with Gasteiger partial charge >= 0.3 is 0 Å². The molecule has 7 rings (SSSR count). The third kappa shape index (κ3) is 6.76. The summed E-state index contributed by atoms with van der Waals surface area (Å²) in [6, 6.07) is 48.7. The Balaban J connectivity index is 1.24. The van der Waals surface area contributed by atoms with Crippen molar-refractivity contribution in [2.24, 2.45) is 0 Å². The van der Waals surface area contributed by atoms with E-state index >= 15 is 0 Å². The van der Waals surface area contributed by atoms with E-state index in [0.717, 1.165) is 51.5 Å². The molecule has 0 saturated carbocycles. The maximum atomic E-state index is 5.22. The van der Waals surface area contributed by atoms with Crippen LogP contribution in [0.15, 0.2) is 140 Å². The minimum absolute atomic E-state index is 0.787. The van der Waals surface area contributed by atoms with Crippen molar-refractivity contribution in [3.63, 3.8) is 0 Å². The van der Waals surface area contributed by atoms with Gasteiger partial charge in [-0.3, -0.25) is 4.90 Å². The van der Waals surface area contributed by atoms with Crippen molar-refractivity contribution in [1.82, 2.24) is 15.0 Å². The molecular weight excluding hydrogens is 611 g/mol. The second-order valence-electron chi connectivity index (χ2n) is 13.1. The van der Waals surface area contributed by atoms with Crippen LogP contribution < -0.4 is 9.80 Å². The maximum absolute atomic E-state index is 5.22. The Hall–Kier alpha value is -6.07. The van der Waals surface area contributed by atoms with Gasteiger partial charge in [-0.25, -0.2) is 15.0 Å². The van der Waals surface area contributed by atoms with E-state index in [1.54, 1.807) is 0 Å². The molecule has 0 aliphatic carbocycles. The standard InChI is InChI=1S/C45H41N5/c1-30-16-20-35(21-17-30)36-22-24-37(25-23-36)50(43-27-19-32(3)29-34(43)5)45-15-9-13-41(48-45)39-11-7-10-38(46-39)40-12-8-14-44(47-40)49(6)42-26-18-31(2)28-33(42)4/h7-29H,1-6H3. The lowest BCUT2D eigenvalue weighted by atomic mass is 10.0. The molecule has 0 fully saturated rings. The first kappa shape index (κ1) is 32.5. The van der Waals surface area contributed by atoms with Gasteiger partial charge in [0.1, 0.15) is 11.6 Å². The lowest BCUT2D eigenvalue weighted by molar-refractivity contribution is 1.11. The lowest BCUT2D eigenvalue weighted by Gasteiger charge is -2.26. The molecule has 0 aliphatic rings. The fourth-order valence-corrected chi connectivity index (χ4v) is 6.47. The zero-order valence-corrected chi connectivity index (χ0v) is 29.5. The molecule has 0 aliphatic heterocycles. The van der Waals surface area contributed by atoms with Crippen LogP contribution in [0.3, 0.4) is 0 Å².